The maximum atomic E-state index is 12.6. The fourth-order valence-corrected chi connectivity index (χ4v) is 2.96. The summed E-state index contributed by atoms with van der Waals surface area (Å²) < 4.78 is 5.55. The Bertz CT molecular complexity index is 889. The molecule has 2 aromatic heterocycles. The number of carbonyl (C=O) groups excluding carboxylic acids is 1. The van der Waals surface area contributed by atoms with Crippen molar-refractivity contribution in [2.45, 2.75) is 0 Å². The maximum Gasteiger partial charge on any atom is 0.311 e. The van der Waals surface area contributed by atoms with E-state index in [1.807, 2.05) is 18.2 Å². The van der Waals surface area contributed by atoms with Crippen molar-refractivity contribution in [2.75, 3.05) is 31.1 Å². The van der Waals surface area contributed by atoms with Crippen LogP contribution < -0.4 is 4.90 Å². The first-order valence-electron chi connectivity index (χ1n) is 8.25. The van der Waals surface area contributed by atoms with Crippen LogP contribution in [0.4, 0.5) is 5.82 Å². The van der Waals surface area contributed by atoms with Crippen molar-refractivity contribution in [1.82, 2.24) is 20.1 Å². The fourth-order valence-electron chi connectivity index (χ4n) is 2.83. The number of benzene rings is 1. The SMILES string of the molecule is O=C(c1nnc(-c2ccc(Cl)cc2)o1)N1CCN(c2ccccn2)CC1. The van der Waals surface area contributed by atoms with Crippen LogP contribution in [0.2, 0.25) is 5.02 Å². The molecule has 3 heterocycles. The quantitative estimate of drug-likeness (QED) is 0.706. The number of nitrogens with zero attached hydrogens (tertiary/aromatic N) is 5. The first-order chi connectivity index (χ1) is 12.7. The molecule has 1 saturated heterocycles. The lowest BCUT2D eigenvalue weighted by Gasteiger charge is -2.34. The van der Waals surface area contributed by atoms with E-state index in [0.717, 1.165) is 11.4 Å². The zero-order valence-corrected chi connectivity index (χ0v) is 14.6. The Morgan fingerprint density at radius 2 is 1.77 bits per heavy atom. The molecular weight excluding hydrogens is 354 g/mol. The molecule has 4 rings (SSSR count). The van der Waals surface area contributed by atoms with Crippen LogP contribution in [0.5, 0.6) is 0 Å². The van der Waals surface area contributed by atoms with Gasteiger partial charge in [0.15, 0.2) is 0 Å². The summed E-state index contributed by atoms with van der Waals surface area (Å²) in [5, 5.41) is 8.49. The van der Waals surface area contributed by atoms with Crippen molar-refractivity contribution in [3.8, 4) is 11.5 Å². The Balaban J connectivity index is 1.42. The number of amides is 1. The second-order valence-electron chi connectivity index (χ2n) is 5.89. The first-order valence-corrected chi connectivity index (χ1v) is 8.63. The molecule has 1 fully saturated rings. The summed E-state index contributed by atoms with van der Waals surface area (Å²) in [6.45, 7) is 2.57. The Morgan fingerprint density at radius 3 is 2.46 bits per heavy atom. The van der Waals surface area contributed by atoms with Crippen molar-refractivity contribution >= 4 is 23.3 Å². The highest BCUT2D eigenvalue weighted by Gasteiger charge is 2.26. The summed E-state index contributed by atoms with van der Waals surface area (Å²) in [6.07, 6.45) is 1.77. The van der Waals surface area contributed by atoms with Gasteiger partial charge in [0.05, 0.1) is 0 Å². The van der Waals surface area contributed by atoms with E-state index in [2.05, 4.69) is 20.1 Å². The summed E-state index contributed by atoms with van der Waals surface area (Å²) in [6, 6.07) is 12.8. The van der Waals surface area contributed by atoms with Crippen LogP contribution in [0.15, 0.2) is 53.1 Å². The van der Waals surface area contributed by atoms with E-state index >= 15 is 0 Å². The van der Waals surface area contributed by atoms with E-state index < -0.39 is 0 Å². The molecule has 0 N–H and O–H groups in total. The number of carbonyl (C=O) groups is 1. The highest BCUT2D eigenvalue weighted by Crippen LogP contribution is 2.21. The van der Waals surface area contributed by atoms with E-state index in [0.29, 0.717) is 37.1 Å². The van der Waals surface area contributed by atoms with E-state index in [4.69, 9.17) is 16.0 Å². The zero-order valence-electron chi connectivity index (χ0n) is 13.9. The van der Waals surface area contributed by atoms with Crippen LogP contribution in [-0.2, 0) is 0 Å². The third kappa shape index (κ3) is 3.39. The van der Waals surface area contributed by atoms with E-state index in [1.165, 1.54) is 0 Å². The molecule has 3 aromatic rings. The summed E-state index contributed by atoms with van der Waals surface area (Å²) in [5.74, 6) is 0.971. The predicted octanol–water partition coefficient (Wildman–Crippen LogP) is 2.75. The van der Waals surface area contributed by atoms with Gasteiger partial charge in [-0.3, -0.25) is 4.79 Å². The standard InChI is InChI=1S/C18H16ClN5O2/c19-14-6-4-13(5-7-14)16-21-22-17(26-16)18(25)24-11-9-23(10-12-24)15-3-1-2-8-20-15/h1-8H,9-12H2. The van der Waals surface area contributed by atoms with Crippen molar-refractivity contribution in [3.05, 3.63) is 59.6 Å². The number of halogens is 1. The molecule has 0 spiro atoms. The van der Waals surface area contributed by atoms with E-state index in [1.54, 1.807) is 35.4 Å². The molecular formula is C18H16ClN5O2. The second kappa shape index (κ2) is 7.13. The van der Waals surface area contributed by atoms with Gasteiger partial charge in [0.2, 0.25) is 5.89 Å². The number of piperazine rings is 1. The average molecular weight is 370 g/mol. The largest absolute Gasteiger partial charge is 0.412 e. The molecule has 0 aliphatic carbocycles. The monoisotopic (exact) mass is 369 g/mol. The number of hydrogen-bond donors (Lipinski definition) is 0. The lowest BCUT2D eigenvalue weighted by molar-refractivity contribution is 0.0707. The summed E-state index contributed by atoms with van der Waals surface area (Å²) in [7, 11) is 0. The van der Waals surface area contributed by atoms with E-state index in [-0.39, 0.29) is 11.8 Å². The molecule has 1 aromatic carbocycles. The van der Waals surface area contributed by atoms with Crippen LogP contribution in [0.1, 0.15) is 10.7 Å². The zero-order chi connectivity index (χ0) is 17.9. The van der Waals surface area contributed by atoms with Crippen molar-refractivity contribution in [1.29, 1.82) is 0 Å². The Kier molecular flexibility index (Phi) is 4.53. The third-order valence-corrected chi connectivity index (χ3v) is 4.49. The average Bonchev–Trinajstić information content (AvgIpc) is 3.19. The Hall–Kier alpha value is -2.93. The van der Waals surface area contributed by atoms with Crippen molar-refractivity contribution in [2.24, 2.45) is 0 Å². The van der Waals surface area contributed by atoms with Gasteiger partial charge >= 0.3 is 11.8 Å². The highest BCUT2D eigenvalue weighted by atomic mass is 35.5. The normalized spacial score (nSPS) is 14.5. The lowest BCUT2D eigenvalue weighted by Crippen LogP contribution is -2.49. The van der Waals surface area contributed by atoms with Gasteiger partial charge in [0.25, 0.3) is 0 Å². The van der Waals surface area contributed by atoms with Gasteiger partial charge in [-0.1, -0.05) is 17.7 Å². The number of pyridine rings is 1. The number of rotatable bonds is 3. The molecule has 7 nitrogen and oxygen atoms in total. The molecule has 26 heavy (non-hydrogen) atoms. The molecule has 0 saturated carbocycles. The molecule has 0 radical (unpaired) electrons. The predicted molar refractivity (Wildman–Crippen MR) is 97.1 cm³/mol. The minimum Gasteiger partial charge on any atom is -0.412 e. The van der Waals surface area contributed by atoms with Crippen LogP contribution in [0.25, 0.3) is 11.5 Å². The van der Waals surface area contributed by atoms with Crippen molar-refractivity contribution < 1.29 is 9.21 Å². The minimum absolute atomic E-state index is 0.00114. The van der Waals surface area contributed by atoms with Crippen LogP contribution in [0.3, 0.4) is 0 Å². The van der Waals surface area contributed by atoms with Crippen molar-refractivity contribution in [3.63, 3.8) is 0 Å². The second-order valence-corrected chi connectivity index (χ2v) is 6.32. The van der Waals surface area contributed by atoms with Gasteiger partial charge in [-0.15, -0.1) is 10.2 Å². The van der Waals surface area contributed by atoms with Gasteiger partial charge in [-0.25, -0.2) is 4.98 Å². The third-order valence-electron chi connectivity index (χ3n) is 4.24. The Labute approximate surface area is 155 Å². The minimum atomic E-state index is -0.251. The van der Waals surface area contributed by atoms with Gasteiger partial charge < -0.3 is 14.2 Å². The molecule has 8 heteroatoms. The van der Waals surface area contributed by atoms with E-state index in [9.17, 15) is 4.79 Å². The fraction of sp³-hybridized carbons (Fsp3) is 0.222. The van der Waals surface area contributed by atoms with Gasteiger partial charge in [0.1, 0.15) is 5.82 Å². The topological polar surface area (TPSA) is 75.4 Å². The van der Waals surface area contributed by atoms with Crippen LogP contribution in [0, 0.1) is 0 Å². The Morgan fingerprint density at radius 1 is 1.00 bits per heavy atom. The maximum absolute atomic E-state index is 12.6. The molecule has 1 aliphatic rings. The smallest absolute Gasteiger partial charge is 0.311 e. The number of hydrogen-bond acceptors (Lipinski definition) is 6. The molecule has 1 amide bonds. The van der Waals surface area contributed by atoms with Crippen LogP contribution in [-0.4, -0.2) is 52.2 Å². The molecule has 132 valence electrons. The summed E-state index contributed by atoms with van der Waals surface area (Å²) in [5.41, 5.74) is 0.723. The summed E-state index contributed by atoms with van der Waals surface area (Å²) >= 11 is 5.88. The molecule has 1 aliphatic heterocycles. The van der Waals surface area contributed by atoms with Gasteiger partial charge in [-0.2, -0.15) is 0 Å². The number of aromatic nitrogens is 3. The molecule has 0 atom stereocenters. The number of anilines is 1. The summed E-state index contributed by atoms with van der Waals surface area (Å²) in [4.78, 5) is 20.8. The first kappa shape index (κ1) is 16.5. The molecule has 0 unspecified atom stereocenters. The molecule has 0 bridgehead atoms. The van der Waals surface area contributed by atoms with Gasteiger partial charge in [-0.05, 0) is 36.4 Å². The van der Waals surface area contributed by atoms with Crippen LogP contribution >= 0.6 is 11.6 Å². The van der Waals surface area contributed by atoms with Gasteiger partial charge in [0, 0.05) is 43.0 Å². The highest BCUT2D eigenvalue weighted by molar-refractivity contribution is 6.30. The lowest BCUT2D eigenvalue weighted by atomic mass is 10.2.